The van der Waals surface area contributed by atoms with E-state index in [-0.39, 0.29) is 0 Å². The van der Waals surface area contributed by atoms with Crippen molar-refractivity contribution in [3.63, 3.8) is 0 Å². The van der Waals surface area contributed by atoms with E-state index < -0.39 is 0 Å². The van der Waals surface area contributed by atoms with Crippen LogP contribution in [-0.2, 0) is 0 Å². The summed E-state index contributed by atoms with van der Waals surface area (Å²) in [7, 11) is 5.34. The van der Waals surface area contributed by atoms with E-state index in [1.807, 2.05) is 0 Å². The molecule has 0 fully saturated rings. The molecule has 38 valence electrons. The fourth-order valence-corrected chi connectivity index (χ4v) is 0.483. The predicted octanol–water partition coefficient (Wildman–Crippen LogP) is 0.473. The van der Waals surface area contributed by atoms with Crippen molar-refractivity contribution in [1.82, 2.24) is 0 Å². The standard InChI is InChI=1S/C6H5BN/c7-5-1-3-6(8)4-2-5/h1-4,8H/q-1. The molecule has 1 aliphatic rings. The summed E-state index contributed by atoms with van der Waals surface area (Å²) in [5.41, 5.74) is 1.21. The van der Waals surface area contributed by atoms with Crippen LogP contribution in [0, 0.1) is 5.41 Å². The van der Waals surface area contributed by atoms with E-state index in [0.717, 1.165) is 0 Å². The Balaban J connectivity index is 2.83. The molecule has 1 aliphatic carbocycles. The lowest BCUT2D eigenvalue weighted by Crippen LogP contribution is -1.97. The second-order valence-electron chi connectivity index (χ2n) is 1.62. The van der Waals surface area contributed by atoms with Gasteiger partial charge in [-0.3, -0.25) is 0 Å². The summed E-state index contributed by atoms with van der Waals surface area (Å²) >= 11 is 0. The van der Waals surface area contributed by atoms with Crippen molar-refractivity contribution in [3.05, 3.63) is 24.3 Å². The highest BCUT2D eigenvalue weighted by Gasteiger charge is 1.83. The maximum absolute atomic E-state index is 7.04. The van der Waals surface area contributed by atoms with Crippen LogP contribution in [0.1, 0.15) is 0 Å². The molecule has 2 radical (unpaired) electrons. The third kappa shape index (κ3) is 1.03. The van der Waals surface area contributed by atoms with Crippen LogP contribution in [0.3, 0.4) is 0 Å². The van der Waals surface area contributed by atoms with E-state index in [0.29, 0.717) is 11.2 Å². The van der Waals surface area contributed by atoms with E-state index in [1.54, 1.807) is 24.3 Å². The molecule has 2 heteroatoms. The van der Waals surface area contributed by atoms with Crippen LogP contribution in [0.25, 0.3) is 0 Å². The minimum absolute atomic E-state index is 0.499. The van der Waals surface area contributed by atoms with Gasteiger partial charge in [-0.05, 0) is 12.2 Å². The minimum Gasteiger partial charge on any atom is -0.597 e. The van der Waals surface area contributed by atoms with Crippen molar-refractivity contribution in [2.24, 2.45) is 0 Å². The molecular weight excluding hydrogens is 96.9 g/mol. The maximum atomic E-state index is 7.04. The Hall–Kier alpha value is -0.915. The van der Waals surface area contributed by atoms with Gasteiger partial charge in [0.2, 0.25) is 0 Å². The Kier molecular flexibility index (Phi) is 1.25. The van der Waals surface area contributed by atoms with Crippen LogP contribution < -0.4 is 0 Å². The van der Waals surface area contributed by atoms with Gasteiger partial charge >= 0.3 is 0 Å². The molecule has 0 amide bonds. The number of allylic oxidation sites excluding steroid dienone is 4. The third-order valence-electron chi connectivity index (χ3n) is 0.911. The first-order valence-electron chi connectivity index (χ1n) is 2.36. The smallest absolute Gasteiger partial charge is 0.0537 e. The van der Waals surface area contributed by atoms with Crippen LogP contribution in [-0.4, -0.2) is 18.7 Å². The highest BCUT2D eigenvalue weighted by Crippen LogP contribution is 1.90. The summed E-state index contributed by atoms with van der Waals surface area (Å²) in [4.78, 5) is 0. The zero-order valence-corrected chi connectivity index (χ0v) is 4.39. The SMILES string of the molecule is [B-]=C1C=CC(=N)C=C1. The molecule has 8 heavy (non-hydrogen) atoms. The molecule has 0 aromatic carbocycles. The van der Waals surface area contributed by atoms with Gasteiger partial charge in [0, 0.05) is 0 Å². The van der Waals surface area contributed by atoms with Crippen LogP contribution in [0.4, 0.5) is 0 Å². The molecule has 1 N–H and O–H groups in total. The van der Waals surface area contributed by atoms with Gasteiger partial charge in [0.15, 0.2) is 0 Å². The van der Waals surface area contributed by atoms with Crippen molar-refractivity contribution in [1.29, 1.82) is 5.41 Å². The topological polar surface area (TPSA) is 23.9 Å². The molecule has 0 aromatic rings. The molecule has 1 nitrogen and oxygen atoms in total. The molecule has 0 unspecified atom stereocenters. The molecule has 0 bridgehead atoms. The highest BCUT2D eigenvalue weighted by atomic mass is 14.4. The van der Waals surface area contributed by atoms with Crippen molar-refractivity contribution in [3.8, 4) is 0 Å². The first-order chi connectivity index (χ1) is 3.79. The molecule has 0 atom stereocenters. The fourth-order valence-electron chi connectivity index (χ4n) is 0.483. The van der Waals surface area contributed by atoms with E-state index in [9.17, 15) is 0 Å². The number of rotatable bonds is 0. The Morgan fingerprint density at radius 2 is 1.62 bits per heavy atom. The Morgan fingerprint density at radius 3 is 2.00 bits per heavy atom. The summed E-state index contributed by atoms with van der Waals surface area (Å²) in [6.45, 7) is 0. The number of hydrogen-bond donors (Lipinski definition) is 1. The van der Waals surface area contributed by atoms with Gasteiger partial charge in [-0.2, -0.15) is 0 Å². The van der Waals surface area contributed by atoms with Crippen molar-refractivity contribution < 1.29 is 0 Å². The largest absolute Gasteiger partial charge is 0.597 e. The van der Waals surface area contributed by atoms with Crippen LogP contribution in [0.2, 0.25) is 0 Å². The second kappa shape index (κ2) is 1.91. The predicted molar refractivity (Wildman–Crippen MR) is 36.8 cm³/mol. The minimum atomic E-state index is 0.499. The van der Waals surface area contributed by atoms with Crippen molar-refractivity contribution in [2.45, 2.75) is 0 Å². The second-order valence-corrected chi connectivity index (χ2v) is 1.62. The number of nitrogens with one attached hydrogen (secondary N) is 1. The Morgan fingerprint density at radius 1 is 1.12 bits per heavy atom. The monoisotopic (exact) mass is 102 g/mol. The van der Waals surface area contributed by atoms with Crippen molar-refractivity contribution in [2.75, 3.05) is 0 Å². The van der Waals surface area contributed by atoms with Gasteiger partial charge in [0.05, 0.1) is 5.71 Å². The van der Waals surface area contributed by atoms with Gasteiger partial charge in [-0.1, -0.05) is 0 Å². The summed E-state index contributed by atoms with van der Waals surface area (Å²) in [5, 5.41) is 7.04. The van der Waals surface area contributed by atoms with E-state index in [4.69, 9.17) is 12.9 Å². The average Bonchev–Trinajstić information content (AvgIpc) is 1.77. The zero-order valence-electron chi connectivity index (χ0n) is 4.39. The molecule has 1 rings (SSSR count). The molecule has 0 heterocycles. The maximum Gasteiger partial charge on any atom is 0.0537 e. The van der Waals surface area contributed by atoms with E-state index in [2.05, 4.69) is 0 Å². The number of hydrogen-bond acceptors (Lipinski definition) is 1. The van der Waals surface area contributed by atoms with E-state index >= 15 is 0 Å². The average molecular weight is 102 g/mol. The van der Waals surface area contributed by atoms with Gasteiger partial charge in [0.1, 0.15) is 0 Å². The molecule has 0 aliphatic heterocycles. The summed E-state index contributed by atoms with van der Waals surface area (Å²) in [6, 6.07) is 0. The molecule has 0 spiro atoms. The lowest BCUT2D eigenvalue weighted by atomic mass is 10.0. The van der Waals surface area contributed by atoms with Gasteiger partial charge in [-0.25, -0.2) is 0 Å². The molecule has 0 saturated carbocycles. The lowest BCUT2D eigenvalue weighted by Gasteiger charge is -2.06. The van der Waals surface area contributed by atoms with Crippen LogP contribution in [0.5, 0.6) is 0 Å². The summed E-state index contributed by atoms with van der Waals surface area (Å²) in [5.74, 6) is 0. The third-order valence-corrected chi connectivity index (χ3v) is 0.911. The van der Waals surface area contributed by atoms with Crippen molar-refractivity contribution >= 4 is 18.7 Å². The van der Waals surface area contributed by atoms with Crippen LogP contribution >= 0.6 is 0 Å². The molecule has 0 aromatic heterocycles. The normalized spacial score (nSPS) is 17.5. The van der Waals surface area contributed by atoms with Gasteiger partial charge < -0.3 is 18.4 Å². The van der Waals surface area contributed by atoms with Gasteiger partial charge in [-0.15, -0.1) is 12.2 Å². The molecule has 0 saturated heterocycles. The first-order valence-corrected chi connectivity index (χ1v) is 2.36. The van der Waals surface area contributed by atoms with Gasteiger partial charge in [0.25, 0.3) is 0 Å². The lowest BCUT2D eigenvalue weighted by molar-refractivity contribution is 1.53. The fraction of sp³-hybridized carbons (Fsp3) is 0. The molecular formula is C6H5BN-. The zero-order chi connectivity index (χ0) is 5.98. The summed E-state index contributed by atoms with van der Waals surface area (Å²) in [6.07, 6.45) is 6.75. The first kappa shape index (κ1) is 5.23. The Labute approximate surface area is 49.3 Å². The quantitative estimate of drug-likeness (QED) is 0.430. The summed E-state index contributed by atoms with van der Waals surface area (Å²) < 4.78 is 0. The van der Waals surface area contributed by atoms with E-state index in [1.165, 1.54) is 0 Å². The highest BCUT2D eigenvalue weighted by molar-refractivity contribution is 6.47. The van der Waals surface area contributed by atoms with Crippen LogP contribution in [0.15, 0.2) is 24.3 Å². The Bertz CT molecular complexity index is 151.